The predicted molar refractivity (Wildman–Crippen MR) is 85.3 cm³/mol. The molecule has 0 saturated carbocycles. The third-order valence-corrected chi connectivity index (χ3v) is 4.36. The number of thiophene rings is 1. The minimum atomic E-state index is -0.285. The maximum absolute atomic E-state index is 12.4. The third kappa shape index (κ3) is 2.94. The lowest BCUT2D eigenvalue weighted by atomic mass is 10.2. The molecule has 6 nitrogen and oxygen atoms in total. The van der Waals surface area contributed by atoms with Crippen molar-refractivity contribution in [2.24, 2.45) is 0 Å². The molecule has 3 aromatic rings. The second kappa shape index (κ2) is 6.57. The van der Waals surface area contributed by atoms with Crippen LogP contribution in [0.2, 0.25) is 0 Å². The number of aromatic nitrogens is 4. The van der Waals surface area contributed by atoms with Gasteiger partial charge >= 0.3 is 0 Å². The van der Waals surface area contributed by atoms with Gasteiger partial charge in [-0.15, -0.1) is 11.3 Å². The fourth-order valence-electron chi connectivity index (χ4n) is 2.34. The molecule has 1 amide bonds. The van der Waals surface area contributed by atoms with E-state index in [-0.39, 0.29) is 11.9 Å². The van der Waals surface area contributed by atoms with Gasteiger partial charge in [-0.3, -0.25) is 14.6 Å². The average Bonchev–Trinajstić information content (AvgIpc) is 3.26. The summed E-state index contributed by atoms with van der Waals surface area (Å²) in [4.78, 5) is 13.5. The highest BCUT2D eigenvalue weighted by molar-refractivity contribution is 7.13. The first-order valence-corrected chi connectivity index (χ1v) is 8.00. The highest BCUT2D eigenvalue weighted by atomic mass is 32.1. The summed E-state index contributed by atoms with van der Waals surface area (Å²) in [6, 6.07) is 5.56. The number of hydrogen-bond acceptors (Lipinski definition) is 4. The van der Waals surface area contributed by atoms with E-state index in [2.05, 4.69) is 20.6 Å². The lowest BCUT2D eigenvalue weighted by Crippen LogP contribution is -2.32. The van der Waals surface area contributed by atoms with Crippen molar-refractivity contribution in [1.82, 2.24) is 25.3 Å². The first-order valence-electron chi connectivity index (χ1n) is 7.12. The summed E-state index contributed by atoms with van der Waals surface area (Å²) in [7, 11) is 0. The number of nitrogens with one attached hydrogen (secondary N) is 2. The van der Waals surface area contributed by atoms with E-state index >= 15 is 0 Å². The molecule has 3 heterocycles. The summed E-state index contributed by atoms with van der Waals surface area (Å²) in [6.45, 7) is 2.42. The van der Waals surface area contributed by atoms with Crippen molar-refractivity contribution in [2.75, 3.05) is 0 Å². The van der Waals surface area contributed by atoms with Gasteiger partial charge < -0.3 is 5.32 Å². The summed E-state index contributed by atoms with van der Waals surface area (Å²) >= 11 is 1.64. The monoisotopic (exact) mass is 315 g/mol. The fraction of sp³-hybridized carbons (Fsp3) is 0.267. The van der Waals surface area contributed by atoms with Crippen LogP contribution in [0.25, 0.3) is 10.6 Å². The average molecular weight is 315 g/mol. The third-order valence-electron chi connectivity index (χ3n) is 3.47. The van der Waals surface area contributed by atoms with E-state index in [4.69, 9.17) is 0 Å². The predicted octanol–water partition coefficient (Wildman–Crippen LogP) is 2.60. The number of amides is 1. The Kier molecular flexibility index (Phi) is 4.34. The van der Waals surface area contributed by atoms with Crippen LogP contribution in [0.5, 0.6) is 0 Å². The first-order chi connectivity index (χ1) is 10.8. The zero-order chi connectivity index (χ0) is 15.4. The zero-order valence-corrected chi connectivity index (χ0v) is 13.0. The van der Waals surface area contributed by atoms with E-state index in [1.54, 1.807) is 28.4 Å². The Balaban J connectivity index is 1.68. The Morgan fingerprint density at radius 3 is 3.09 bits per heavy atom. The number of rotatable bonds is 6. The topological polar surface area (TPSA) is 75.6 Å². The van der Waals surface area contributed by atoms with Gasteiger partial charge in [-0.05, 0) is 23.9 Å². The molecule has 114 valence electrons. The number of nitrogens with zero attached hydrogens (tertiary/aromatic N) is 3. The van der Waals surface area contributed by atoms with Gasteiger partial charge in [0.15, 0.2) is 0 Å². The van der Waals surface area contributed by atoms with Crippen LogP contribution in [0.4, 0.5) is 0 Å². The maximum Gasteiger partial charge on any atom is 0.245 e. The van der Waals surface area contributed by atoms with Crippen molar-refractivity contribution in [2.45, 2.75) is 25.9 Å². The van der Waals surface area contributed by atoms with Crippen molar-refractivity contribution in [1.29, 1.82) is 0 Å². The van der Waals surface area contributed by atoms with Crippen molar-refractivity contribution in [3.05, 3.63) is 47.7 Å². The van der Waals surface area contributed by atoms with Crippen molar-refractivity contribution >= 4 is 17.2 Å². The van der Waals surface area contributed by atoms with Crippen LogP contribution < -0.4 is 5.32 Å². The molecule has 0 saturated heterocycles. The molecule has 0 aliphatic heterocycles. The molecule has 0 unspecified atom stereocenters. The highest BCUT2D eigenvalue weighted by Crippen LogP contribution is 2.25. The second-order valence-corrected chi connectivity index (χ2v) is 5.82. The Morgan fingerprint density at radius 1 is 1.50 bits per heavy atom. The van der Waals surface area contributed by atoms with Gasteiger partial charge in [0, 0.05) is 24.5 Å². The van der Waals surface area contributed by atoms with Gasteiger partial charge in [0.25, 0.3) is 0 Å². The quantitative estimate of drug-likeness (QED) is 0.734. The minimum Gasteiger partial charge on any atom is -0.350 e. The Hall–Kier alpha value is -2.41. The molecule has 0 fully saturated rings. The summed E-state index contributed by atoms with van der Waals surface area (Å²) in [5.41, 5.74) is 1.94. The number of carbonyl (C=O) groups is 1. The Labute approximate surface area is 132 Å². The van der Waals surface area contributed by atoms with E-state index < -0.39 is 0 Å². The zero-order valence-electron chi connectivity index (χ0n) is 12.2. The molecule has 0 aliphatic rings. The van der Waals surface area contributed by atoms with Crippen LogP contribution in [0.1, 0.15) is 24.9 Å². The van der Waals surface area contributed by atoms with E-state index in [1.165, 1.54) is 0 Å². The molecular formula is C15H17N5OS. The molecule has 22 heavy (non-hydrogen) atoms. The standard InChI is InChI=1S/C15H17N5OS/c1-2-12(20-7-4-6-18-20)15(21)16-9-11-10-17-19-14(11)13-5-3-8-22-13/h3-8,10,12H,2,9H2,1H3,(H,16,21)(H,17,19)/t12-/m1/s1. The van der Waals surface area contributed by atoms with E-state index in [9.17, 15) is 4.79 Å². The lowest BCUT2D eigenvalue weighted by Gasteiger charge is -2.15. The summed E-state index contributed by atoms with van der Waals surface area (Å²) in [6.07, 6.45) is 5.93. The van der Waals surface area contributed by atoms with Crippen molar-refractivity contribution in [3.8, 4) is 10.6 Å². The Morgan fingerprint density at radius 2 is 2.41 bits per heavy atom. The largest absolute Gasteiger partial charge is 0.350 e. The van der Waals surface area contributed by atoms with Crippen LogP contribution in [0.15, 0.2) is 42.2 Å². The number of aromatic amines is 1. The van der Waals surface area contributed by atoms with Crippen LogP contribution in [0.3, 0.4) is 0 Å². The smallest absolute Gasteiger partial charge is 0.245 e. The molecule has 3 rings (SSSR count). The molecule has 0 bridgehead atoms. The van der Waals surface area contributed by atoms with Crippen LogP contribution in [0, 0.1) is 0 Å². The molecule has 3 aromatic heterocycles. The molecule has 7 heteroatoms. The summed E-state index contributed by atoms with van der Waals surface area (Å²) in [5.74, 6) is -0.0375. The van der Waals surface area contributed by atoms with Crippen LogP contribution in [-0.4, -0.2) is 25.9 Å². The van der Waals surface area contributed by atoms with Gasteiger partial charge in [0.2, 0.25) is 5.91 Å². The molecule has 0 radical (unpaired) electrons. The number of carbonyl (C=O) groups excluding carboxylic acids is 1. The van der Waals surface area contributed by atoms with E-state index in [0.717, 1.165) is 16.1 Å². The van der Waals surface area contributed by atoms with Gasteiger partial charge in [0.05, 0.1) is 16.8 Å². The first kappa shape index (κ1) is 14.5. The molecule has 0 spiro atoms. The van der Waals surface area contributed by atoms with Gasteiger partial charge in [0.1, 0.15) is 6.04 Å². The Bertz CT molecular complexity index is 717. The lowest BCUT2D eigenvalue weighted by molar-refractivity contribution is -0.124. The molecule has 0 aromatic carbocycles. The van der Waals surface area contributed by atoms with Gasteiger partial charge in [-0.1, -0.05) is 13.0 Å². The van der Waals surface area contributed by atoms with Crippen LogP contribution in [-0.2, 0) is 11.3 Å². The van der Waals surface area contributed by atoms with E-state index in [1.807, 2.05) is 36.7 Å². The SMILES string of the molecule is CC[C@H](C(=O)NCc1cn[nH]c1-c1cccs1)n1cccn1. The summed E-state index contributed by atoms with van der Waals surface area (Å²) < 4.78 is 1.69. The molecule has 2 N–H and O–H groups in total. The van der Waals surface area contributed by atoms with Crippen molar-refractivity contribution < 1.29 is 4.79 Å². The number of hydrogen-bond donors (Lipinski definition) is 2. The van der Waals surface area contributed by atoms with Gasteiger partial charge in [-0.25, -0.2) is 0 Å². The van der Waals surface area contributed by atoms with Crippen LogP contribution >= 0.6 is 11.3 Å². The molecule has 1 atom stereocenters. The maximum atomic E-state index is 12.4. The number of H-pyrrole nitrogens is 1. The normalized spacial score (nSPS) is 12.2. The second-order valence-electron chi connectivity index (χ2n) is 4.88. The van der Waals surface area contributed by atoms with Crippen molar-refractivity contribution in [3.63, 3.8) is 0 Å². The highest BCUT2D eigenvalue weighted by Gasteiger charge is 2.19. The molecule has 0 aliphatic carbocycles. The molecular weight excluding hydrogens is 298 g/mol. The van der Waals surface area contributed by atoms with Gasteiger partial charge in [-0.2, -0.15) is 10.2 Å². The fourth-order valence-corrected chi connectivity index (χ4v) is 3.09. The minimum absolute atomic E-state index is 0.0375. The van der Waals surface area contributed by atoms with E-state index in [0.29, 0.717) is 13.0 Å². The summed E-state index contributed by atoms with van der Waals surface area (Å²) in [5, 5.41) is 16.2.